The lowest BCUT2D eigenvalue weighted by Crippen LogP contribution is -2.37. The second-order valence-electron chi connectivity index (χ2n) is 4.84. The van der Waals surface area contributed by atoms with E-state index in [1.165, 1.54) is 0 Å². The van der Waals surface area contributed by atoms with Gasteiger partial charge in [-0.2, -0.15) is 0 Å². The van der Waals surface area contributed by atoms with Crippen LogP contribution in [0.25, 0.3) is 0 Å². The van der Waals surface area contributed by atoms with Gasteiger partial charge in [0.2, 0.25) is 0 Å². The van der Waals surface area contributed by atoms with Crippen molar-refractivity contribution in [2.45, 2.75) is 38.7 Å². The summed E-state index contributed by atoms with van der Waals surface area (Å²) >= 11 is 6.30. The summed E-state index contributed by atoms with van der Waals surface area (Å²) in [5.74, 6) is 0. The molecule has 2 nitrogen and oxygen atoms in total. The fraction of sp³-hybridized carbons (Fsp3) is 1.00. The van der Waals surface area contributed by atoms with Crippen LogP contribution in [0.1, 0.15) is 6.42 Å². The molecular formula is C8H22ClNOSi2. The maximum Gasteiger partial charge on any atom is 0.286 e. The third kappa shape index (κ3) is 8.96. The summed E-state index contributed by atoms with van der Waals surface area (Å²) < 4.78 is 5.81. The van der Waals surface area contributed by atoms with Gasteiger partial charge in [0, 0.05) is 6.23 Å². The summed E-state index contributed by atoms with van der Waals surface area (Å²) in [6, 6.07) is 0.968. The molecule has 0 rings (SSSR count). The van der Waals surface area contributed by atoms with Crippen molar-refractivity contribution in [3.05, 3.63) is 0 Å². The molecule has 0 heterocycles. The topological polar surface area (TPSA) is 35.2 Å². The van der Waals surface area contributed by atoms with E-state index in [-0.39, 0.29) is 0 Å². The Bertz CT molecular complexity index is 148. The minimum atomic E-state index is -1.91. The highest BCUT2D eigenvalue weighted by atomic mass is 35.6. The molecule has 0 aromatic heterocycles. The van der Waals surface area contributed by atoms with E-state index in [9.17, 15) is 0 Å². The quantitative estimate of drug-likeness (QED) is 0.571. The summed E-state index contributed by atoms with van der Waals surface area (Å²) in [4.78, 5) is 0. The lowest BCUT2D eigenvalue weighted by molar-refractivity contribution is 0.377. The van der Waals surface area contributed by atoms with E-state index >= 15 is 0 Å². The molecule has 1 atom stereocenters. The smallest absolute Gasteiger partial charge is 0.286 e. The first-order valence-corrected chi connectivity index (χ1v) is 12.1. The second kappa shape index (κ2) is 5.51. The van der Waals surface area contributed by atoms with Gasteiger partial charge in [0.05, 0.1) is 8.07 Å². The zero-order valence-corrected chi connectivity index (χ0v) is 11.9. The third-order valence-corrected chi connectivity index (χ3v) is 5.82. The van der Waals surface area contributed by atoms with E-state index in [2.05, 4.69) is 26.2 Å². The molecule has 0 saturated heterocycles. The second-order valence-corrected chi connectivity index (χ2v) is 15.6. The van der Waals surface area contributed by atoms with Crippen LogP contribution in [0, 0.1) is 0 Å². The fourth-order valence-electron chi connectivity index (χ4n) is 0.857. The van der Waals surface area contributed by atoms with Gasteiger partial charge in [-0.05, 0) is 25.6 Å². The molecule has 80 valence electrons. The van der Waals surface area contributed by atoms with Crippen molar-refractivity contribution in [2.24, 2.45) is 5.73 Å². The van der Waals surface area contributed by atoms with Crippen molar-refractivity contribution < 1.29 is 4.43 Å². The molecule has 0 fully saturated rings. The van der Waals surface area contributed by atoms with Crippen LogP contribution in [0.4, 0.5) is 0 Å². The van der Waals surface area contributed by atoms with E-state index in [1.807, 2.05) is 0 Å². The molecule has 0 aliphatic rings. The predicted molar refractivity (Wildman–Crippen MR) is 65.2 cm³/mol. The number of hydrogen-bond donors (Lipinski definition) is 1. The number of hydrogen-bond acceptors (Lipinski definition) is 2. The van der Waals surface area contributed by atoms with Crippen LogP contribution in [0.5, 0.6) is 0 Å². The summed E-state index contributed by atoms with van der Waals surface area (Å²) in [5, 5.41) is 0. The monoisotopic (exact) mass is 239 g/mol. The lowest BCUT2D eigenvalue weighted by atomic mass is 10.5. The van der Waals surface area contributed by atoms with Gasteiger partial charge in [-0.3, -0.25) is 0 Å². The Labute approximate surface area is 88.6 Å². The molecule has 2 N–H and O–H groups in total. The Kier molecular flexibility index (Phi) is 5.78. The van der Waals surface area contributed by atoms with Crippen molar-refractivity contribution in [1.82, 2.24) is 0 Å². The standard InChI is InChI=1S/C8H22ClNOSi2/c1-12(2,3)8-11-13(4,9)7-5-6-10/h5-8,10H2,1-4H3. The number of rotatable bonds is 6. The molecule has 13 heavy (non-hydrogen) atoms. The van der Waals surface area contributed by atoms with Gasteiger partial charge in [0.15, 0.2) is 0 Å². The van der Waals surface area contributed by atoms with Crippen molar-refractivity contribution in [3.8, 4) is 0 Å². The van der Waals surface area contributed by atoms with Gasteiger partial charge < -0.3 is 10.2 Å². The van der Waals surface area contributed by atoms with Gasteiger partial charge in [-0.15, -0.1) is 11.1 Å². The lowest BCUT2D eigenvalue weighted by Gasteiger charge is -2.24. The largest absolute Gasteiger partial charge is 0.407 e. The molecule has 0 aromatic rings. The van der Waals surface area contributed by atoms with Gasteiger partial charge in [0.1, 0.15) is 0 Å². The Morgan fingerprint density at radius 1 is 1.23 bits per heavy atom. The molecule has 0 bridgehead atoms. The average molecular weight is 240 g/mol. The first-order valence-electron chi connectivity index (χ1n) is 4.80. The van der Waals surface area contributed by atoms with Crippen LogP contribution in [0.15, 0.2) is 0 Å². The van der Waals surface area contributed by atoms with Crippen molar-refractivity contribution >= 4 is 26.8 Å². The molecule has 0 aliphatic carbocycles. The highest BCUT2D eigenvalue weighted by Gasteiger charge is 2.28. The molecule has 1 unspecified atom stereocenters. The van der Waals surface area contributed by atoms with Crippen molar-refractivity contribution in [3.63, 3.8) is 0 Å². The first-order chi connectivity index (χ1) is 5.77. The summed E-state index contributed by atoms with van der Waals surface area (Å²) in [7, 11) is -3.02. The zero-order valence-electron chi connectivity index (χ0n) is 9.19. The van der Waals surface area contributed by atoms with Gasteiger partial charge >= 0.3 is 0 Å². The first kappa shape index (κ1) is 13.6. The molecule has 0 amide bonds. The highest BCUT2D eigenvalue weighted by molar-refractivity contribution is 7.16. The van der Waals surface area contributed by atoms with Gasteiger partial charge in [-0.1, -0.05) is 19.6 Å². The average Bonchev–Trinajstić information content (AvgIpc) is 1.97. The minimum Gasteiger partial charge on any atom is -0.407 e. The van der Waals surface area contributed by atoms with Crippen molar-refractivity contribution in [1.29, 1.82) is 0 Å². The third-order valence-electron chi connectivity index (χ3n) is 1.63. The van der Waals surface area contributed by atoms with Crippen LogP contribution >= 0.6 is 11.1 Å². The molecule has 0 aliphatic heterocycles. The van der Waals surface area contributed by atoms with E-state index in [4.69, 9.17) is 21.2 Å². The van der Waals surface area contributed by atoms with Crippen LogP contribution in [-0.2, 0) is 4.43 Å². The summed E-state index contributed by atoms with van der Waals surface area (Å²) in [6.07, 6.45) is 1.86. The zero-order chi connectivity index (χ0) is 10.5. The number of halogens is 1. The molecule has 0 saturated carbocycles. The van der Waals surface area contributed by atoms with Crippen LogP contribution in [0.3, 0.4) is 0 Å². The summed E-state index contributed by atoms with van der Waals surface area (Å²) in [5.41, 5.74) is 5.43. The molecule has 0 aromatic carbocycles. The normalized spacial score (nSPS) is 17.1. The molecule has 0 radical (unpaired) electrons. The number of nitrogens with two attached hydrogens (primary N) is 1. The SMILES string of the molecule is C[Si](C)(C)CO[Si](C)(Cl)CCCN. The molecule has 5 heteroatoms. The Balaban J connectivity index is 3.75. The Morgan fingerprint density at radius 3 is 2.15 bits per heavy atom. The van der Waals surface area contributed by atoms with E-state index in [0.29, 0.717) is 6.54 Å². The van der Waals surface area contributed by atoms with Crippen LogP contribution < -0.4 is 5.73 Å². The fourth-order valence-corrected chi connectivity index (χ4v) is 5.66. The minimum absolute atomic E-state index is 0.714. The predicted octanol–water partition coefficient (Wildman–Crippen LogP) is 2.54. The molecule has 0 spiro atoms. The maximum atomic E-state index is 6.30. The summed E-state index contributed by atoms with van der Waals surface area (Å²) in [6.45, 7) is 9.64. The maximum absolute atomic E-state index is 6.30. The van der Waals surface area contributed by atoms with Gasteiger partial charge in [-0.25, -0.2) is 0 Å². The molecular weight excluding hydrogens is 218 g/mol. The van der Waals surface area contributed by atoms with Crippen molar-refractivity contribution in [2.75, 3.05) is 12.8 Å². The van der Waals surface area contributed by atoms with E-state index in [0.717, 1.165) is 18.7 Å². The van der Waals surface area contributed by atoms with E-state index in [1.54, 1.807) is 0 Å². The van der Waals surface area contributed by atoms with Crippen LogP contribution in [-0.4, -0.2) is 28.5 Å². The van der Waals surface area contributed by atoms with Crippen LogP contribution in [0.2, 0.25) is 32.2 Å². The Hall–Kier alpha value is 0.644. The van der Waals surface area contributed by atoms with Gasteiger partial charge in [0.25, 0.3) is 7.63 Å². The van der Waals surface area contributed by atoms with E-state index < -0.39 is 15.7 Å². The highest BCUT2D eigenvalue weighted by Crippen LogP contribution is 2.19. The Morgan fingerprint density at radius 2 is 1.77 bits per heavy atom.